The Kier molecular flexibility index (Phi) is 7.05. The highest BCUT2D eigenvalue weighted by Gasteiger charge is 2.26. The predicted octanol–water partition coefficient (Wildman–Crippen LogP) is 3.18. The third-order valence-electron chi connectivity index (χ3n) is 4.32. The van der Waals surface area contributed by atoms with E-state index in [1.807, 2.05) is 6.92 Å². The van der Waals surface area contributed by atoms with Crippen molar-refractivity contribution in [2.45, 2.75) is 26.4 Å². The van der Waals surface area contributed by atoms with Crippen molar-refractivity contribution in [3.63, 3.8) is 0 Å². The molecule has 2 aromatic rings. The summed E-state index contributed by atoms with van der Waals surface area (Å²) in [4.78, 5) is 0.0184. The van der Waals surface area contributed by atoms with Gasteiger partial charge in [0.2, 0.25) is 10.0 Å². The molecular weight excluding hydrogens is 443 g/mol. The lowest BCUT2D eigenvalue weighted by atomic mass is 10.1. The number of halogens is 1. The maximum absolute atomic E-state index is 13.1. The predicted molar refractivity (Wildman–Crippen MR) is 118 cm³/mol. The minimum absolute atomic E-state index is 0.0184. The zero-order valence-electron chi connectivity index (χ0n) is 16.8. The molecule has 1 aromatic heterocycles. The average Bonchev–Trinajstić information content (AvgIpc) is 3.13. The van der Waals surface area contributed by atoms with E-state index in [1.54, 1.807) is 17.6 Å². The number of allylic oxidation sites excluding steroid dienone is 4. The van der Waals surface area contributed by atoms with E-state index >= 15 is 0 Å². The molecule has 1 aliphatic carbocycles. The molecule has 0 unspecified atom stereocenters. The molecule has 0 aliphatic heterocycles. The van der Waals surface area contributed by atoms with Gasteiger partial charge in [0.05, 0.1) is 28.8 Å². The first kappa shape index (κ1) is 22.9. The van der Waals surface area contributed by atoms with Crippen LogP contribution in [0.5, 0.6) is 11.8 Å². The number of nitrogens with one attached hydrogen (secondary N) is 1. The first-order valence-corrected chi connectivity index (χ1v) is 11.5. The van der Waals surface area contributed by atoms with E-state index in [9.17, 15) is 12.8 Å². The molecular formula is C19H21FN6O3S2. The number of sulfonamides is 1. The van der Waals surface area contributed by atoms with Crippen molar-refractivity contribution in [2.24, 2.45) is 9.54 Å². The Morgan fingerprint density at radius 2 is 2.03 bits per heavy atom. The zero-order valence-corrected chi connectivity index (χ0v) is 18.5. The Balaban J connectivity index is 1.82. The van der Waals surface area contributed by atoms with Crippen LogP contribution in [0.1, 0.15) is 25.7 Å². The summed E-state index contributed by atoms with van der Waals surface area (Å²) in [5.41, 5.74) is 0.924. The Labute approximate surface area is 183 Å². The zero-order chi connectivity index (χ0) is 22.6. The molecule has 12 heteroatoms. The van der Waals surface area contributed by atoms with Gasteiger partial charge in [-0.2, -0.15) is 4.40 Å². The number of aromatic nitrogens is 3. The first-order valence-electron chi connectivity index (χ1n) is 9.17. The van der Waals surface area contributed by atoms with Crippen LogP contribution in [0.15, 0.2) is 63.9 Å². The Bertz CT molecular complexity index is 1170. The van der Waals surface area contributed by atoms with Crippen LogP contribution in [0.4, 0.5) is 4.39 Å². The lowest BCUT2D eigenvalue weighted by Gasteiger charge is -2.17. The van der Waals surface area contributed by atoms with Crippen molar-refractivity contribution < 1.29 is 17.5 Å². The van der Waals surface area contributed by atoms with Gasteiger partial charge in [-0.15, -0.1) is 5.10 Å². The molecule has 0 bridgehead atoms. The number of ether oxygens (including phenoxy) is 1. The fourth-order valence-electron chi connectivity index (χ4n) is 2.81. The van der Waals surface area contributed by atoms with Gasteiger partial charge in [0.15, 0.2) is 5.82 Å². The van der Waals surface area contributed by atoms with Crippen LogP contribution in [0.25, 0.3) is 0 Å². The van der Waals surface area contributed by atoms with Gasteiger partial charge in [-0.1, -0.05) is 17.8 Å². The summed E-state index contributed by atoms with van der Waals surface area (Å²) in [7, 11) is -3.90. The lowest BCUT2D eigenvalue weighted by molar-refractivity contribution is 0.407. The molecule has 1 atom stereocenters. The lowest BCUT2D eigenvalue weighted by Crippen LogP contribution is -2.30. The fraction of sp³-hybridized carbons (Fsp3) is 0.211. The van der Waals surface area contributed by atoms with Gasteiger partial charge >= 0.3 is 6.01 Å². The third-order valence-corrected chi connectivity index (χ3v) is 6.16. The van der Waals surface area contributed by atoms with Crippen molar-refractivity contribution in [1.29, 1.82) is 0 Å². The monoisotopic (exact) mass is 464 g/mol. The molecule has 164 valence electrons. The molecule has 0 amide bonds. The molecule has 1 aliphatic rings. The van der Waals surface area contributed by atoms with Gasteiger partial charge in [-0.3, -0.25) is 9.71 Å². The van der Waals surface area contributed by atoms with Crippen molar-refractivity contribution in [2.75, 3.05) is 0 Å². The van der Waals surface area contributed by atoms with E-state index in [-0.39, 0.29) is 16.7 Å². The number of nitrogens with two attached hydrogens (primary N) is 1. The van der Waals surface area contributed by atoms with Crippen LogP contribution in [0, 0.1) is 5.82 Å². The van der Waals surface area contributed by atoms with Crippen molar-refractivity contribution in [1.82, 2.24) is 19.5 Å². The van der Waals surface area contributed by atoms with Crippen molar-refractivity contribution >= 4 is 27.9 Å². The molecule has 3 N–H and O–H groups in total. The van der Waals surface area contributed by atoms with E-state index in [1.165, 1.54) is 36.4 Å². The first-order chi connectivity index (χ1) is 14.7. The highest BCUT2D eigenvalue weighted by atomic mass is 32.2. The standard InChI is InChI=1S/C19H21FN6O3S2/c1-4-26-18(22-23-19(26)29-15-8-6-14(20)7-9-15)13(3)25-31(27,28)16-10-5-12(2)17(11-16)24-30-21/h5-11,13,25H,2,4,21H2,1,3H3/b24-17-/t13-/m1/s1. The van der Waals surface area contributed by atoms with E-state index in [2.05, 4.69) is 25.9 Å². The maximum Gasteiger partial charge on any atom is 0.322 e. The van der Waals surface area contributed by atoms with E-state index in [0.29, 0.717) is 29.4 Å². The highest BCUT2D eigenvalue weighted by Crippen LogP contribution is 2.25. The summed E-state index contributed by atoms with van der Waals surface area (Å²) in [6.07, 6.45) is 4.38. The van der Waals surface area contributed by atoms with Gasteiger partial charge in [-0.05, 0) is 55.8 Å². The molecule has 3 rings (SSSR count). The number of benzene rings is 1. The molecule has 31 heavy (non-hydrogen) atoms. The SMILES string of the molecule is C=C1C=CC(S(=O)(=O)N[C@H](C)c2nnc(Oc3ccc(F)cc3)n2CC)=C/C1=N/SN. The van der Waals surface area contributed by atoms with Crippen molar-refractivity contribution in [3.05, 3.63) is 71.2 Å². The smallest absolute Gasteiger partial charge is 0.322 e. The number of hydrogen-bond acceptors (Lipinski definition) is 8. The largest absolute Gasteiger partial charge is 0.424 e. The fourth-order valence-corrected chi connectivity index (χ4v) is 4.31. The minimum atomic E-state index is -3.90. The Morgan fingerprint density at radius 3 is 2.68 bits per heavy atom. The molecule has 0 radical (unpaired) electrons. The van der Waals surface area contributed by atoms with Gasteiger partial charge < -0.3 is 4.74 Å². The topological polar surface area (TPSA) is 124 Å². The van der Waals surface area contributed by atoms with Crippen molar-refractivity contribution in [3.8, 4) is 11.8 Å². The van der Waals surface area contributed by atoms with Gasteiger partial charge in [0.1, 0.15) is 11.6 Å². The summed E-state index contributed by atoms with van der Waals surface area (Å²) in [5.74, 6) is 0.353. The second-order valence-corrected chi connectivity index (χ2v) is 8.58. The van der Waals surface area contributed by atoms with Crippen LogP contribution >= 0.6 is 12.1 Å². The summed E-state index contributed by atoms with van der Waals surface area (Å²) < 4.78 is 52.7. The van der Waals surface area contributed by atoms with E-state index in [0.717, 1.165) is 12.1 Å². The quantitative estimate of drug-likeness (QED) is 0.575. The molecule has 0 saturated heterocycles. The average molecular weight is 465 g/mol. The second kappa shape index (κ2) is 9.56. The number of hydrogen-bond donors (Lipinski definition) is 2. The Morgan fingerprint density at radius 1 is 1.32 bits per heavy atom. The van der Waals surface area contributed by atoms with Gasteiger partial charge in [0.25, 0.3) is 0 Å². The molecule has 1 aromatic carbocycles. The molecule has 9 nitrogen and oxygen atoms in total. The number of nitrogens with zero attached hydrogens (tertiary/aromatic N) is 4. The number of rotatable bonds is 8. The molecule has 0 saturated carbocycles. The molecule has 1 heterocycles. The molecule has 0 spiro atoms. The third kappa shape index (κ3) is 5.28. The maximum atomic E-state index is 13.1. The highest BCUT2D eigenvalue weighted by molar-refractivity contribution is 7.96. The summed E-state index contributed by atoms with van der Waals surface area (Å²) in [5, 5.41) is 13.4. The van der Waals surface area contributed by atoms with Crippen LogP contribution in [-0.2, 0) is 16.6 Å². The second-order valence-electron chi connectivity index (χ2n) is 6.47. The van der Waals surface area contributed by atoms with Gasteiger partial charge in [0, 0.05) is 6.54 Å². The van der Waals surface area contributed by atoms with E-state index in [4.69, 9.17) is 9.88 Å². The Hall–Kier alpha value is -2.80. The van der Waals surface area contributed by atoms with E-state index < -0.39 is 16.1 Å². The normalized spacial score (nSPS) is 16.5. The van der Waals surface area contributed by atoms with Gasteiger partial charge in [-0.25, -0.2) is 17.5 Å². The summed E-state index contributed by atoms with van der Waals surface area (Å²) in [6, 6.07) is 4.90. The van der Waals surface area contributed by atoms with Crippen LogP contribution in [0.2, 0.25) is 0 Å². The molecule has 0 fully saturated rings. The summed E-state index contributed by atoms with van der Waals surface area (Å²) in [6.45, 7) is 7.72. The minimum Gasteiger partial charge on any atom is -0.424 e. The van der Waals surface area contributed by atoms with Crippen LogP contribution < -0.4 is 14.6 Å². The summed E-state index contributed by atoms with van der Waals surface area (Å²) >= 11 is 0.722. The van der Waals surface area contributed by atoms with Crippen LogP contribution in [0.3, 0.4) is 0 Å². The van der Waals surface area contributed by atoms with Crippen LogP contribution in [-0.4, -0.2) is 28.9 Å².